The van der Waals surface area contributed by atoms with Crippen LogP contribution >= 0.6 is 0 Å². The number of nitrogens with two attached hydrogens (primary N) is 1. The van der Waals surface area contributed by atoms with Crippen molar-refractivity contribution in [3.05, 3.63) is 52.6 Å². The second-order valence-corrected chi connectivity index (χ2v) is 7.65. The van der Waals surface area contributed by atoms with Gasteiger partial charge in [-0.25, -0.2) is 0 Å². The Morgan fingerprint density at radius 1 is 1.42 bits per heavy atom. The number of hydrogen-bond donors (Lipinski definition) is 3. The molecule has 2 unspecified atom stereocenters. The van der Waals surface area contributed by atoms with Gasteiger partial charge in [-0.1, -0.05) is 12.7 Å². The Morgan fingerprint density at radius 3 is 2.96 bits per heavy atom. The lowest BCUT2D eigenvalue weighted by molar-refractivity contribution is 0.0776. The summed E-state index contributed by atoms with van der Waals surface area (Å²) >= 11 is 0. The second-order valence-electron chi connectivity index (χ2n) is 7.65. The first-order valence-corrected chi connectivity index (χ1v) is 9.21. The summed E-state index contributed by atoms with van der Waals surface area (Å²) in [7, 11) is 1.91. The van der Waals surface area contributed by atoms with E-state index in [4.69, 9.17) is 5.73 Å². The van der Waals surface area contributed by atoms with E-state index in [0.29, 0.717) is 11.8 Å². The van der Waals surface area contributed by atoms with Gasteiger partial charge in [0.2, 0.25) is 0 Å². The number of rotatable bonds is 3. The molecular weight excluding hydrogens is 324 g/mol. The molecule has 2 aromatic rings. The molecule has 5 heteroatoms. The Bertz CT molecular complexity index is 978. The summed E-state index contributed by atoms with van der Waals surface area (Å²) in [6.07, 6.45) is 15.7. The van der Waals surface area contributed by atoms with Crippen LogP contribution < -0.4 is 16.3 Å². The molecule has 1 fully saturated rings. The van der Waals surface area contributed by atoms with Crippen molar-refractivity contribution in [2.75, 3.05) is 0 Å². The molecule has 26 heavy (non-hydrogen) atoms. The second kappa shape index (κ2) is 6.65. The zero-order chi connectivity index (χ0) is 18.3. The topological polar surface area (TPSA) is 79.9 Å². The number of hydrogen-bond acceptors (Lipinski definition) is 3. The summed E-state index contributed by atoms with van der Waals surface area (Å²) in [5.41, 5.74) is 10.5. The first kappa shape index (κ1) is 16.9. The molecular formula is C21H26N4O. The van der Waals surface area contributed by atoms with E-state index in [1.807, 2.05) is 25.6 Å². The van der Waals surface area contributed by atoms with E-state index < -0.39 is 0 Å². The third kappa shape index (κ3) is 3.15. The molecule has 0 saturated heterocycles. The smallest absolute Gasteiger partial charge is 0.0568 e. The van der Waals surface area contributed by atoms with Gasteiger partial charge in [0.15, 0.2) is 0 Å². The first-order valence-electron chi connectivity index (χ1n) is 9.21. The third-order valence-electron chi connectivity index (χ3n) is 5.63. The van der Waals surface area contributed by atoms with Crippen LogP contribution in [0.5, 0.6) is 0 Å². The lowest BCUT2D eigenvalue weighted by Gasteiger charge is -2.36. The molecule has 0 aliphatic heterocycles. The quantitative estimate of drug-likeness (QED) is 0.786. The highest BCUT2D eigenvalue weighted by molar-refractivity contribution is 5.68. The summed E-state index contributed by atoms with van der Waals surface area (Å²) in [6.45, 7) is 4.14. The monoisotopic (exact) mass is 350 g/mol. The number of allylic oxidation sites excluding steroid dienone is 3. The highest BCUT2D eigenvalue weighted by atomic mass is 16.3. The van der Waals surface area contributed by atoms with Gasteiger partial charge in [0, 0.05) is 47.3 Å². The van der Waals surface area contributed by atoms with E-state index in [1.165, 1.54) is 12.0 Å². The average Bonchev–Trinajstić information content (AvgIpc) is 3.17. The van der Waals surface area contributed by atoms with E-state index >= 15 is 0 Å². The van der Waals surface area contributed by atoms with E-state index in [-0.39, 0.29) is 6.10 Å². The molecule has 1 saturated carbocycles. The molecule has 0 radical (unpaired) electrons. The summed E-state index contributed by atoms with van der Waals surface area (Å²) in [4.78, 5) is 3.22. The van der Waals surface area contributed by atoms with Crippen LogP contribution in [-0.4, -0.2) is 26.0 Å². The maximum absolute atomic E-state index is 10.0. The highest BCUT2D eigenvalue weighted by Gasteiger charge is 2.31. The standard InChI is InChI=1S/C21H26N4O/c1-13-20(21(11-23-13)18-10-24-25(2)12-18)8-17(9-22)16-4-14-3-15(5-16)7-19(26)6-14/h4,8-12,14-15,19,23,26H,1,3,5-7,22H2,2H3/b17-9+,20-8+/t14?,15?,19-/m1/s1. The number of aliphatic hydroxyl groups excluding tert-OH is 1. The van der Waals surface area contributed by atoms with Gasteiger partial charge in [-0.2, -0.15) is 5.10 Å². The van der Waals surface area contributed by atoms with Crippen molar-refractivity contribution in [2.45, 2.75) is 31.8 Å². The predicted octanol–water partition coefficient (Wildman–Crippen LogP) is 1.56. The Hall–Kier alpha value is -2.53. The number of nitrogens with zero attached hydrogens (tertiary/aromatic N) is 2. The Morgan fingerprint density at radius 2 is 2.27 bits per heavy atom. The predicted molar refractivity (Wildman–Crippen MR) is 104 cm³/mol. The lowest BCUT2D eigenvalue weighted by Crippen LogP contribution is -2.29. The minimum absolute atomic E-state index is 0.154. The van der Waals surface area contributed by atoms with E-state index in [9.17, 15) is 5.11 Å². The number of aliphatic hydroxyl groups is 1. The maximum Gasteiger partial charge on any atom is 0.0568 e. The van der Waals surface area contributed by atoms with Crippen molar-refractivity contribution in [3.63, 3.8) is 0 Å². The van der Waals surface area contributed by atoms with Crippen LogP contribution in [0.25, 0.3) is 23.8 Å². The van der Waals surface area contributed by atoms with Crippen molar-refractivity contribution in [1.29, 1.82) is 0 Å². The molecule has 4 rings (SSSR count). The van der Waals surface area contributed by atoms with Crippen molar-refractivity contribution < 1.29 is 5.11 Å². The molecule has 0 aromatic carbocycles. The molecule has 2 bridgehead atoms. The molecule has 2 aliphatic rings. The van der Waals surface area contributed by atoms with Gasteiger partial charge < -0.3 is 15.8 Å². The molecule has 0 amide bonds. The molecule has 136 valence electrons. The van der Waals surface area contributed by atoms with Crippen molar-refractivity contribution in [3.8, 4) is 11.1 Å². The maximum atomic E-state index is 10.0. The van der Waals surface area contributed by atoms with Crippen LogP contribution in [0.1, 0.15) is 25.7 Å². The number of aromatic amines is 1. The molecule has 2 heterocycles. The van der Waals surface area contributed by atoms with Gasteiger partial charge in [-0.15, -0.1) is 0 Å². The fraction of sp³-hybridized carbons (Fsp3) is 0.381. The van der Waals surface area contributed by atoms with Crippen LogP contribution in [0.2, 0.25) is 0 Å². The van der Waals surface area contributed by atoms with E-state index in [2.05, 4.69) is 28.8 Å². The molecule has 2 aliphatic carbocycles. The van der Waals surface area contributed by atoms with Crippen LogP contribution in [0.3, 0.4) is 0 Å². The average molecular weight is 350 g/mol. The van der Waals surface area contributed by atoms with Crippen LogP contribution in [0.4, 0.5) is 0 Å². The molecule has 4 N–H and O–H groups in total. The Kier molecular flexibility index (Phi) is 4.32. The fourth-order valence-electron chi connectivity index (χ4n) is 4.48. The number of aryl methyl sites for hydroxylation is 1. The van der Waals surface area contributed by atoms with Gasteiger partial charge in [-0.05, 0) is 54.7 Å². The number of aromatic nitrogens is 3. The third-order valence-corrected chi connectivity index (χ3v) is 5.63. The zero-order valence-electron chi connectivity index (χ0n) is 15.2. The van der Waals surface area contributed by atoms with Crippen molar-refractivity contribution in [2.24, 2.45) is 24.6 Å². The fourth-order valence-corrected chi connectivity index (χ4v) is 4.48. The molecule has 2 aromatic heterocycles. The van der Waals surface area contributed by atoms with Gasteiger partial charge >= 0.3 is 0 Å². The minimum Gasteiger partial charge on any atom is -0.404 e. The van der Waals surface area contributed by atoms with Gasteiger partial charge in [-0.3, -0.25) is 4.68 Å². The van der Waals surface area contributed by atoms with Crippen LogP contribution in [0.15, 0.2) is 42.0 Å². The molecule has 3 atom stereocenters. The molecule has 0 spiro atoms. The number of fused-ring (bicyclic) bond motifs is 2. The lowest BCUT2D eigenvalue weighted by atomic mass is 9.71. The van der Waals surface area contributed by atoms with Gasteiger partial charge in [0.05, 0.1) is 12.3 Å². The number of nitrogens with one attached hydrogen (secondary N) is 1. The van der Waals surface area contributed by atoms with Crippen LogP contribution in [-0.2, 0) is 7.05 Å². The first-order chi connectivity index (χ1) is 12.5. The number of H-pyrrole nitrogens is 1. The zero-order valence-corrected chi connectivity index (χ0v) is 15.2. The van der Waals surface area contributed by atoms with Gasteiger partial charge in [0.25, 0.3) is 0 Å². The largest absolute Gasteiger partial charge is 0.404 e. The summed E-state index contributed by atoms with van der Waals surface area (Å²) in [5.74, 6) is 1.01. The highest BCUT2D eigenvalue weighted by Crippen LogP contribution is 2.41. The van der Waals surface area contributed by atoms with E-state index in [1.54, 1.807) is 10.9 Å². The van der Waals surface area contributed by atoms with Crippen molar-refractivity contribution >= 4 is 12.7 Å². The van der Waals surface area contributed by atoms with Crippen molar-refractivity contribution in [1.82, 2.24) is 14.8 Å². The normalized spacial score (nSPS) is 26.8. The Balaban J connectivity index is 1.74. The SMILES string of the molecule is C=c1[nH]cc(-c2cnn(C)c2)/c1=C/C(=C\N)C1=CC2CC(C1)C[C@H](O)C2. The minimum atomic E-state index is -0.154. The van der Waals surface area contributed by atoms with E-state index in [0.717, 1.165) is 46.5 Å². The summed E-state index contributed by atoms with van der Waals surface area (Å²) in [5, 5.41) is 16.2. The Labute approximate surface area is 153 Å². The van der Waals surface area contributed by atoms with Crippen LogP contribution in [0, 0.1) is 11.8 Å². The summed E-state index contributed by atoms with van der Waals surface area (Å²) < 4.78 is 1.80. The summed E-state index contributed by atoms with van der Waals surface area (Å²) in [6, 6.07) is 0. The van der Waals surface area contributed by atoms with Gasteiger partial charge in [0.1, 0.15) is 0 Å². The molecule has 5 nitrogen and oxygen atoms in total.